The molecule has 1 aliphatic heterocycles. The first-order valence-corrected chi connectivity index (χ1v) is 14.1. The van der Waals surface area contributed by atoms with Crippen molar-refractivity contribution in [2.24, 2.45) is 0 Å². The molecule has 6 nitrogen and oxygen atoms in total. The summed E-state index contributed by atoms with van der Waals surface area (Å²) in [5.74, 6) is 1.80. The van der Waals surface area contributed by atoms with Crippen LogP contribution in [0.4, 0.5) is 5.82 Å². The van der Waals surface area contributed by atoms with Gasteiger partial charge >= 0.3 is 0 Å². The third kappa shape index (κ3) is 6.99. The number of aryl methyl sites for hydroxylation is 1. The van der Waals surface area contributed by atoms with Crippen molar-refractivity contribution in [1.82, 2.24) is 20.2 Å². The normalized spacial score (nSPS) is 16.3. The fraction of sp³-hybridized carbons (Fsp3) is 0.367. The third-order valence-corrected chi connectivity index (χ3v) is 7.88. The number of amides is 1. The lowest BCUT2D eigenvalue weighted by Gasteiger charge is -2.35. The Bertz CT molecular complexity index is 1250. The molecule has 1 saturated heterocycles. The molecule has 0 radical (unpaired) electrons. The summed E-state index contributed by atoms with van der Waals surface area (Å²) in [6.07, 6.45) is 6.63. The molecule has 0 bridgehead atoms. The van der Waals surface area contributed by atoms with Gasteiger partial charge in [0.05, 0.1) is 0 Å². The van der Waals surface area contributed by atoms with Gasteiger partial charge in [-0.2, -0.15) is 0 Å². The second-order valence-corrected chi connectivity index (χ2v) is 10.8. The molecule has 0 spiro atoms. The number of anilines is 1. The van der Waals surface area contributed by atoms with Crippen molar-refractivity contribution in [3.63, 3.8) is 0 Å². The van der Waals surface area contributed by atoms with Gasteiger partial charge in [0, 0.05) is 61.3 Å². The molecule has 2 heterocycles. The summed E-state index contributed by atoms with van der Waals surface area (Å²) in [5.41, 5.74) is 5.25. The summed E-state index contributed by atoms with van der Waals surface area (Å²) >= 11 is 1.63. The van der Waals surface area contributed by atoms with Crippen molar-refractivity contribution in [3.05, 3.63) is 88.6 Å². The SMILES string of the molecule is Cc1nc(SCc2cccc(C(=O)NC3CC3)c2)nc(N2CCN(C/C=C/c3ccccc3)CC2)c1C. The molecule has 7 heteroatoms. The molecule has 0 atom stereocenters. The van der Waals surface area contributed by atoms with Crippen LogP contribution < -0.4 is 10.2 Å². The maximum Gasteiger partial charge on any atom is 0.251 e. The number of nitrogens with zero attached hydrogens (tertiary/aromatic N) is 4. The molecule has 2 fully saturated rings. The standard InChI is InChI=1S/C30H35N5OS/c1-22-23(2)31-30(37-21-25-10-6-12-26(20-25)29(36)32-27-13-14-27)33-28(22)35-18-16-34(17-19-35)15-7-11-24-8-4-3-5-9-24/h3-12,20,27H,13-19,21H2,1-2H3,(H,32,36)/b11-7+. The quantitative estimate of drug-likeness (QED) is 0.317. The van der Waals surface area contributed by atoms with Crippen LogP contribution in [0.5, 0.6) is 0 Å². The molecule has 3 aromatic rings. The highest BCUT2D eigenvalue weighted by Crippen LogP contribution is 2.27. The van der Waals surface area contributed by atoms with Gasteiger partial charge in [-0.05, 0) is 49.9 Å². The number of thioether (sulfide) groups is 1. The molecular formula is C30H35N5OS. The molecule has 0 unspecified atom stereocenters. The minimum absolute atomic E-state index is 0.0220. The topological polar surface area (TPSA) is 61.4 Å². The predicted molar refractivity (Wildman–Crippen MR) is 152 cm³/mol. The summed E-state index contributed by atoms with van der Waals surface area (Å²) in [6, 6.07) is 18.7. The Morgan fingerprint density at radius 3 is 2.57 bits per heavy atom. The number of aromatic nitrogens is 2. The second-order valence-electron chi connectivity index (χ2n) is 9.88. The van der Waals surface area contributed by atoms with E-state index in [4.69, 9.17) is 9.97 Å². The summed E-state index contributed by atoms with van der Waals surface area (Å²) in [5, 5.41) is 3.86. The van der Waals surface area contributed by atoms with Crippen LogP contribution in [-0.4, -0.2) is 59.5 Å². The molecule has 5 rings (SSSR count). The van der Waals surface area contributed by atoms with Crippen LogP contribution in [0.25, 0.3) is 6.08 Å². The van der Waals surface area contributed by atoms with Crippen LogP contribution in [0.15, 0.2) is 65.8 Å². The smallest absolute Gasteiger partial charge is 0.251 e. The van der Waals surface area contributed by atoms with Crippen LogP contribution in [-0.2, 0) is 5.75 Å². The van der Waals surface area contributed by atoms with Crippen LogP contribution in [0.3, 0.4) is 0 Å². The zero-order valence-corrected chi connectivity index (χ0v) is 22.5. The van der Waals surface area contributed by atoms with Gasteiger partial charge in [0.15, 0.2) is 5.16 Å². The zero-order chi connectivity index (χ0) is 25.6. The van der Waals surface area contributed by atoms with E-state index in [1.807, 2.05) is 24.3 Å². The molecule has 1 aromatic heterocycles. The molecule has 37 heavy (non-hydrogen) atoms. The lowest BCUT2D eigenvalue weighted by Crippen LogP contribution is -2.47. The second kappa shape index (κ2) is 11.9. The Labute approximate surface area is 224 Å². The van der Waals surface area contributed by atoms with E-state index in [1.54, 1.807) is 11.8 Å². The zero-order valence-electron chi connectivity index (χ0n) is 21.7. The summed E-state index contributed by atoms with van der Waals surface area (Å²) in [6.45, 7) is 9.09. The fourth-order valence-electron chi connectivity index (χ4n) is 4.45. The van der Waals surface area contributed by atoms with E-state index >= 15 is 0 Å². The summed E-state index contributed by atoms with van der Waals surface area (Å²) in [4.78, 5) is 27.0. The first-order chi connectivity index (χ1) is 18.0. The molecule has 2 aliphatic rings. The van der Waals surface area contributed by atoms with Crippen molar-refractivity contribution in [3.8, 4) is 0 Å². The molecule has 1 aliphatic carbocycles. The lowest BCUT2D eigenvalue weighted by molar-refractivity contribution is 0.0951. The first kappa shape index (κ1) is 25.5. The monoisotopic (exact) mass is 513 g/mol. The average Bonchev–Trinajstić information content (AvgIpc) is 3.74. The van der Waals surface area contributed by atoms with Gasteiger partial charge in [-0.15, -0.1) is 0 Å². The highest BCUT2D eigenvalue weighted by molar-refractivity contribution is 7.98. The fourth-order valence-corrected chi connectivity index (χ4v) is 5.28. The maximum atomic E-state index is 12.4. The Morgan fingerprint density at radius 1 is 1.03 bits per heavy atom. The van der Waals surface area contributed by atoms with Crippen molar-refractivity contribution in [2.75, 3.05) is 37.6 Å². The average molecular weight is 514 g/mol. The van der Waals surface area contributed by atoms with Crippen molar-refractivity contribution >= 4 is 29.6 Å². The van der Waals surface area contributed by atoms with Gasteiger partial charge in [-0.1, -0.05) is 66.4 Å². The first-order valence-electron chi connectivity index (χ1n) is 13.1. The van der Waals surface area contributed by atoms with Crippen molar-refractivity contribution in [1.29, 1.82) is 0 Å². The molecule has 1 N–H and O–H groups in total. The van der Waals surface area contributed by atoms with E-state index in [-0.39, 0.29) is 5.91 Å². The summed E-state index contributed by atoms with van der Waals surface area (Å²) in [7, 11) is 0. The van der Waals surface area contributed by atoms with Gasteiger partial charge < -0.3 is 10.2 Å². The van der Waals surface area contributed by atoms with Crippen LogP contribution in [0, 0.1) is 13.8 Å². The van der Waals surface area contributed by atoms with E-state index < -0.39 is 0 Å². The lowest BCUT2D eigenvalue weighted by atomic mass is 10.1. The Balaban J connectivity index is 1.17. The van der Waals surface area contributed by atoms with Gasteiger partial charge in [-0.3, -0.25) is 9.69 Å². The molecular weight excluding hydrogens is 478 g/mol. The summed E-state index contributed by atoms with van der Waals surface area (Å²) < 4.78 is 0. The van der Waals surface area contributed by atoms with Gasteiger partial charge in [0.2, 0.25) is 0 Å². The minimum atomic E-state index is 0.0220. The van der Waals surface area contributed by atoms with E-state index in [9.17, 15) is 4.79 Å². The third-order valence-electron chi connectivity index (χ3n) is 6.96. The number of hydrogen-bond donors (Lipinski definition) is 1. The van der Waals surface area contributed by atoms with E-state index in [1.165, 1.54) is 5.56 Å². The van der Waals surface area contributed by atoms with E-state index in [0.717, 1.165) is 84.7 Å². The number of piperazine rings is 1. The van der Waals surface area contributed by atoms with Gasteiger partial charge in [-0.25, -0.2) is 9.97 Å². The number of rotatable bonds is 9. The maximum absolute atomic E-state index is 12.4. The molecule has 2 aromatic carbocycles. The van der Waals surface area contributed by atoms with Gasteiger partial charge in [0.1, 0.15) is 5.82 Å². The molecule has 1 saturated carbocycles. The van der Waals surface area contributed by atoms with Crippen molar-refractivity contribution in [2.45, 2.75) is 43.6 Å². The van der Waals surface area contributed by atoms with E-state index in [0.29, 0.717) is 6.04 Å². The van der Waals surface area contributed by atoms with Crippen LogP contribution >= 0.6 is 11.8 Å². The molecule has 1 amide bonds. The number of benzene rings is 2. The van der Waals surface area contributed by atoms with Crippen LogP contribution in [0.1, 0.15) is 45.6 Å². The van der Waals surface area contributed by atoms with Crippen LogP contribution in [0.2, 0.25) is 0 Å². The highest BCUT2D eigenvalue weighted by Gasteiger charge is 2.24. The minimum Gasteiger partial charge on any atom is -0.354 e. The number of carbonyl (C=O) groups excluding carboxylic acids is 1. The molecule has 192 valence electrons. The Morgan fingerprint density at radius 2 is 1.81 bits per heavy atom. The number of hydrogen-bond acceptors (Lipinski definition) is 6. The number of carbonyl (C=O) groups is 1. The Hall–Kier alpha value is -3.16. The highest BCUT2D eigenvalue weighted by atomic mass is 32.2. The van der Waals surface area contributed by atoms with Crippen molar-refractivity contribution < 1.29 is 4.79 Å². The predicted octanol–water partition coefficient (Wildman–Crippen LogP) is 5.11. The van der Waals surface area contributed by atoms with E-state index in [2.05, 4.69) is 71.4 Å². The van der Waals surface area contributed by atoms with Gasteiger partial charge in [0.25, 0.3) is 5.91 Å². The number of nitrogens with one attached hydrogen (secondary N) is 1. The largest absolute Gasteiger partial charge is 0.354 e. The Kier molecular flexibility index (Phi) is 8.21.